The number of hydrogen-bond donors (Lipinski definition) is 0. The lowest BCUT2D eigenvalue weighted by molar-refractivity contribution is 0.357. The van der Waals surface area contributed by atoms with Crippen molar-refractivity contribution in [1.29, 1.82) is 0 Å². The highest BCUT2D eigenvalue weighted by molar-refractivity contribution is 7.89. The molecule has 0 saturated heterocycles. The summed E-state index contributed by atoms with van der Waals surface area (Å²) >= 11 is 0. The van der Waals surface area contributed by atoms with Crippen LogP contribution in [0.15, 0.2) is 23.1 Å². The SMILES string of the molecule is CN(C)S(=O)(=O)c1ccc(CC2CCCCC2)c(-c2nnn(C)n2)c1. The van der Waals surface area contributed by atoms with Crippen molar-refractivity contribution in [2.45, 2.75) is 43.4 Å². The van der Waals surface area contributed by atoms with Crippen LogP contribution in [0.5, 0.6) is 0 Å². The van der Waals surface area contributed by atoms with E-state index in [1.54, 1.807) is 19.2 Å². The van der Waals surface area contributed by atoms with Gasteiger partial charge < -0.3 is 0 Å². The predicted molar refractivity (Wildman–Crippen MR) is 95.4 cm³/mol. The Morgan fingerprint density at radius 3 is 2.52 bits per heavy atom. The molecule has 1 aromatic heterocycles. The third-order valence-corrected chi connectivity index (χ3v) is 6.65. The molecular weight excluding hydrogens is 338 g/mol. The first-order chi connectivity index (χ1) is 11.9. The Bertz CT molecular complexity index is 838. The number of aryl methyl sites for hydroxylation is 1. The Kier molecular flexibility index (Phi) is 5.19. The van der Waals surface area contributed by atoms with Crippen LogP contribution >= 0.6 is 0 Å². The molecule has 0 N–H and O–H groups in total. The van der Waals surface area contributed by atoms with Gasteiger partial charge in [0, 0.05) is 19.7 Å². The Morgan fingerprint density at radius 2 is 1.92 bits per heavy atom. The van der Waals surface area contributed by atoms with Crippen molar-refractivity contribution in [3.8, 4) is 11.4 Å². The van der Waals surface area contributed by atoms with Crippen LogP contribution in [0.4, 0.5) is 0 Å². The van der Waals surface area contributed by atoms with E-state index in [0.29, 0.717) is 11.7 Å². The summed E-state index contributed by atoms with van der Waals surface area (Å²) in [7, 11) is 1.27. The van der Waals surface area contributed by atoms with E-state index in [1.807, 2.05) is 6.07 Å². The topological polar surface area (TPSA) is 81.0 Å². The largest absolute Gasteiger partial charge is 0.242 e. The van der Waals surface area contributed by atoms with E-state index in [9.17, 15) is 8.42 Å². The van der Waals surface area contributed by atoms with Crippen LogP contribution in [0.1, 0.15) is 37.7 Å². The van der Waals surface area contributed by atoms with Gasteiger partial charge in [0.15, 0.2) is 0 Å². The van der Waals surface area contributed by atoms with Crippen molar-refractivity contribution in [3.63, 3.8) is 0 Å². The second kappa shape index (κ2) is 7.21. The highest BCUT2D eigenvalue weighted by atomic mass is 32.2. The van der Waals surface area contributed by atoms with Crippen molar-refractivity contribution in [2.75, 3.05) is 14.1 Å². The molecule has 1 aliphatic carbocycles. The molecule has 0 radical (unpaired) electrons. The van der Waals surface area contributed by atoms with Crippen molar-refractivity contribution < 1.29 is 8.42 Å². The van der Waals surface area contributed by atoms with Crippen LogP contribution in [0.2, 0.25) is 0 Å². The summed E-state index contributed by atoms with van der Waals surface area (Å²) in [5.74, 6) is 1.12. The van der Waals surface area contributed by atoms with Gasteiger partial charge in [0.05, 0.1) is 11.9 Å². The van der Waals surface area contributed by atoms with E-state index >= 15 is 0 Å². The maximum atomic E-state index is 12.5. The number of aromatic nitrogens is 4. The van der Waals surface area contributed by atoms with Gasteiger partial charge in [-0.3, -0.25) is 0 Å². The molecule has 2 aromatic rings. The number of tetrazole rings is 1. The fourth-order valence-electron chi connectivity index (χ4n) is 3.41. The van der Waals surface area contributed by atoms with Gasteiger partial charge in [0.2, 0.25) is 15.8 Å². The molecule has 7 nitrogen and oxygen atoms in total. The van der Waals surface area contributed by atoms with Crippen LogP contribution in [-0.4, -0.2) is 47.0 Å². The number of hydrogen-bond acceptors (Lipinski definition) is 5. The maximum Gasteiger partial charge on any atom is 0.242 e. The monoisotopic (exact) mass is 363 g/mol. The minimum absolute atomic E-state index is 0.257. The normalized spacial score (nSPS) is 16.5. The predicted octanol–water partition coefficient (Wildman–Crippen LogP) is 2.25. The van der Waals surface area contributed by atoms with Crippen LogP contribution in [0, 0.1) is 5.92 Å². The van der Waals surface area contributed by atoms with Crippen LogP contribution < -0.4 is 0 Å². The Balaban J connectivity index is 2.02. The number of rotatable bonds is 5. The molecule has 0 bridgehead atoms. The van der Waals surface area contributed by atoms with E-state index in [4.69, 9.17) is 0 Å². The number of nitrogens with zero attached hydrogens (tertiary/aromatic N) is 5. The van der Waals surface area contributed by atoms with Gasteiger partial charge in [0.1, 0.15) is 0 Å². The van der Waals surface area contributed by atoms with Gasteiger partial charge in [-0.15, -0.1) is 10.2 Å². The molecule has 1 saturated carbocycles. The Morgan fingerprint density at radius 1 is 1.20 bits per heavy atom. The van der Waals surface area contributed by atoms with Crippen molar-refractivity contribution in [1.82, 2.24) is 24.5 Å². The summed E-state index contributed by atoms with van der Waals surface area (Å²) in [4.78, 5) is 1.65. The van der Waals surface area contributed by atoms with E-state index in [1.165, 1.54) is 55.3 Å². The molecular formula is C17H25N5O2S. The second-order valence-electron chi connectivity index (χ2n) is 6.92. The molecule has 0 aliphatic heterocycles. The molecule has 1 fully saturated rings. The zero-order valence-corrected chi connectivity index (χ0v) is 15.8. The van der Waals surface area contributed by atoms with Crippen molar-refractivity contribution in [2.24, 2.45) is 13.0 Å². The lowest BCUT2D eigenvalue weighted by Crippen LogP contribution is -2.22. The lowest BCUT2D eigenvalue weighted by atomic mass is 9.84. The zero-order chi connectivity index (χ0) is 18.0. The van der Waals surface area contributed by atoms with Crippen LogP contribution in [-0.2, 0) is 23.5 Å². The van der Waals surface area contributed by atoms with Gasteiger partial charge in [-0.25, -0.2) is 12.7 Å². The summed E-state index contributed by atoms with van der Waals surface area (Å²) in [6.45, 7) is 0. The minimum Gasteiger partial charge on any atom is -0.207 e. The Labute approximate surface area is 149 Å². The van der Waals surface area contributed by atoms with Gasteiger partial charge >= 0.3 is 0 Å². The third kappa shape index (κ3) is 3.90. The summed E-state index contributed by atoms with van der Waals surface area (Å²) in [5.41, 5.74) is 1.86. The quantitative estimate of drug-likeness (QED) is 0.814. The molecule has 1 heterocycles. The van der Waals surface area contributed by atoms with Crippen LogP contribution in [0.25, 0.3) is 11.4 Å². The van der Waals surface area contributed by atoms with E-state index in [2.05, 4.69) is 15.4 Å². The summed E-state index contributed by atoms with van der Waals surface area (Å²) in [6.07, 6.45) is 7.24. The number of sulfonamides is 1. The van der Waals surface area contributed by atoms with Gasteiger partial charge in [0.25, 0.3) is 0 Å². The van der Waals surface area contributed by atoms with E-state index < -0.39 is 10.0 Å². The van der Waals surface area contributed by atoms with Gasteiger partial charge in [-0.2, -0.15) is 4.80 Å². The fraction of sp³-hybridized carbons (Fsp3) is 0.588. The highest BCUT2D eigenvalue weighted by Crippen LogP contribution is 2.31. The molecule has 0 amide bonds. The maximum absolute atomic E-state index is 12.5. The molecule has 0 atom stereocenters. The average molecular weight is 363 g/mol. The highest BCUT2D eigenvalue weighted by Gasteiger charge is 2.22. The lowest BCUT2D eigenvalue weighted by Gasteiger charge is -2.22. The molecule has 136 valence electrons. The smallest absolute Gasteiger partial charge is 0.207 e. The summed E-state index contributed by atoms with van der Waals surface area (Å²) in [6, 6.07) is 5.29. The molecule has 1 aliphatic rings. The van der Waals surface area contributed by atoms with Crippen LogP contribution in [0.3, 0.4) is 0 Å². The van der Waals surface area contributed by atoms with Crippen molar-refractivity contribution in [3.05, 3.63) is 23.8 Å². The second-order valence-corrected chi connectivity index (χ2v) is 9.07. The Hall–Kier alpha value is -1.80. The molecule has 3 rings (SSSR count). The third-order valence-electron chi connectivity index (χ3n) is 4.84. The molecule has 8 heteroatoms. The summed E-state index contributed by atoms with van der Waals surface area (Å²) < 4.78 is 26.2. The fourth-order valence-corrected chi connectivity index (χ4v) is 4.34. The standard InChI is InChI=1S/C17H25N5O2S/c1-21(2)25(23,24)15-10-9-14(11-13-7-5-4-6-8-13)16(12-15)17-18-20-22(3)19-17/h9-10,12-13H,4-8,11H2,1-3H3. The summed E-state index contributed by atoms with van der Waals surface area (Å²) in [5, 5.41) is 12.3. The van der Waals surface area contributed by atoms with Gasteiger partial charge in [-0.1, -0.05) is 38.2 Å². The molecule has 1 aromatic carbocycles. The first kappa shape index (κ1) is 18.0. The average Bonchev–Trinajstić information content (AvgIpc) is 3.02. The zero-order valence-electron chi connectivity index (χ0n) is 15.0. The molecule has 0 spiro atoms. The van der Waals surface area contributed by atoms with Gasteiger partial charge in [-0.05, 0) is 35.2 Å². The van der Waals surface area contributed by atoms with Crippen molar-refractivity contribution >= 4 is 10.0 Å². The number of benzene rings is 1. The first-order valence-electron chi connectivity index (χ1n) is 8.68. The van der Waals surface area contributed by atoms with E-state index in [-0.39, 0.29) is 4.90 Å². The van der Waals surface area contributed by atoms with E-state index in [0.717, 1.165) is 17.5 Å². The minimum atomic E-state index is -3.50. The first-order valence-corrected chi connectivity index (χ1v) is 10.1. The molecule has 25 heavy (non-hydrogen) atoms. The molecule has 0 unspecified atom stereocenters.